The number of hydrogen-bond acceptors (Lipinski definition) is 2. The fourth-order valence-corrected chi connectivity index (χ4v) is 2.11. The Labute approximate surface area is 116 Å². The number of ether oxygens (including phenoxy) is 1. The van der Waals surface area contributed by atoms with Gasteiger partial charge in [-0.2, -0.15) is 0 Å². The van der Waals surface area contributed by atoms with Gasteiger partial charge in [0.05, 0.1) is 0 Å². The van der Waals surface area contributed by atoms with Crippen molar-refractivity contribution in [2.75, 3.05) is 19.7 Å². The minimum absolute atomic E-state index is 0.663. The predicted molar refractivity (Wildman–Crippen MR) is 80.2 cm³/mol. The Morgan fingerprint density at radius 2 is 1.94 bits per heavy atom. The van der Waals surface area contributed by atoms with Gasteiger partial charge in [0.15, 0.2) is 0 Å². The summed E-state index contributed by atoms with van der Waals surface area (Å²) in [6.07, 6.45) is 1.84. The molecule has 2 rings (SSSR count). The monoisotopic (exact) mass is 305 g/mol. The molecule has 0 spiro atoms. The summed E-state index contributed by atoms with van der Waals surface area (Å²) in [6.45, 7) is 5.95. The molecule has 0 aromatic heterocycles. The maximum atomic E-state index is 5.68. The molecule has 2 aromatic rings. The molecule has 0 heterocycles. The minimum atomic E-state index is 0.663. The van der Waals surface area contributed by atoms with Gasteiger partial charge in [-0.05, 0) is 35.0 Å². The van der Waals surface area contributed by atoms with Crippen molar-refractivity contribution in [1.29, 1.82) is 0 Å². The SMILES string of the molecule is C=CCNCCOc1ccc2cc(Br)ccc2c1. The third-order valence-electron chi connectivity index (χ3n) is 2.61. The van der Waals surface area contributed by atoms with Gasteiger partial charge in [0.2, 0.25) is 0 Å². The summed E-state index contributed by atoms with van der Waals surface area (Å²) >= 11 is 3.47. The highest BCUT2D eigenvalue weighted by Gasteiger charge is 1.98. The van der Waals surface area contributed by atoms with Gasteiger partial charge in [-0.15, -0.1) is 6.58 Å². The van der Waals surface area contributed by atoms with Crippen LogP contribution in [0.4, 0.5) is 0 Å². The molecule has 0 saturated carbocycles. The number of hydrogen-bond donors (Lipinski definition) is 1. The van der Waals surface area contributed by atoms with E-state index in [1.807, 2.05) is 18.2 Å². The first kappa shape index (κ1) is 13.1. The molecule has 0 saturated heterocycles. The van der Waals surface area contributed by atoms with Gasteiger partial charge in [-0.25, -0.2) is 0 Å². The van der Waals surface area contributed by atoms with Crippen LogP contribution in [0.5, 0.6) is 5.75 Å². The third kappa shape index (κ3) is 3.59. The highest BCUT2D eigenvalue weighted by Crippen LogP contribution is 2.23. The molecule has 1 N–H and O–H groups in total. The molecular formula is C15H16BrNO. The normalized spacial score (nSPS) is 10.5. The van der Waals surface area contributed by atoms with E-state index in [0.717, 1.165) is 23.3 Å². The van der Waals surface area contributed by atoms with E-state index in [0.29, 0.717) is 6.61 Å². The fraction of sp³-hybridized carbons (Fsp3) is 0.200. The van der Waals surface area contributed by atoms with Crippen LogP contribution < -0.4 is 10.1 Å². The van der Waals surface area contributed by atoms with E-state index in [1.54, 1.807) is 0 Å². The van der Waals surface area contributed by atoms with E-state index in [-0.39, 0.29) is 0 Å². The Morgan fingerprint density at radius 1 is 1.17 bits per heavy atom. The molecule has 0 atom stereocenters. The molecule has 0 radical (unpaired) electrons. The Hall–Kier alpha value is -1.32. The predicted octanol–water partition coefficient (Wildman–Crippen LogP) is 3.76. The van der Waals surface area contributed by atoms with Crippen LogP contribution in [0.3, 0.4) is 0 Å². The number of nitrogens with one attached hydrogen (secondary N) is 1. The molecule has 3 heteroatoms. The van der Waals surface area contributed by atoms with Crippen LogP contribution in [0, 0.1) is 0 Å². The summed E-state index contributed by atoms with van der Waals surface area (Å²) in [5.41, 5.74) is 0. The largest absolute Gasteiger partial charge is 0.492 e. The highest BCUT2D eigenvalue weighted by molar-refractivity contribution is 9.10. The van der Waals surface area contributed by atoms with Crippen molar-refractivity contribution in [1.82, 2.24) is 5.32 Å². The molecular weight excluding hydrogens is 290 g/mol. The van der Waals surface area contributed by atoms with Crippen LogP contribution in [-0.4, -0.2) is 19.7 Å². The van der Waals surface area contributed by atoms with Crippen LogP contribution in [0.25, 0.3) is 10.8 Å². The van der Waals surface area contributed by atoms with E-state index in [4.69, 9.17) is 4.74 Å². The molecule has 2 aromatic carbocycles. The highest BCUT2D eigenvalue weighted by atomic mass is 79.9. The average molecular weight is 306 g/mol. The summed E-state index contributed by atoms with van der Waals surface area (Å²) < 4.78 is 6.78. The summed E-state index contributed by atoms with van der Waals surface area (Å²) in [6, 6.07) is 12.4. The molecule has 0 unspecified atom stereocenters. The number of halogens is 1. The van der Waals surface area contributed by atoms with Gasteiger partial charge in [0.25, 0.3) is 0 Å². The summed E-state index contributed by atoms with van der Waals surface area (Å²) in [5, 5.41) is 5.60. The molecule has 2 nitrogen and oxygen atoms in total. The van der Waals surface area contributed by atoms with Crippen molar-refractivity contribution in [2.24, 2.45) is 0 Å². The first-order valence-corrected chi connectivity index (χ1v) is 6.72. The van der Waals surface area contributed by atoms with Gasteiger partial charge in [0.1, 0.15) is 12.4 Å². The molecule has 18 heavy (non-hydrogen) atoms. The van der Waals surface area contributed by atoms with Crippen LogP contribution in [-0.2, 0) is 0 Å². The van der Waals surface area contributed by atoms with Crippen molar-refractivity contribution in [3.8, 4) is 5.75 Å². The lowest BCUT2D eigenvalue weighted by Gasteiger charge is -2.07. The van der Waals surface area contributed by atoms with E-state index in [2.05, 4.69) is 52.1 Å². The second-order valence-electron chi connectivity index (χ2n) is 3.99. The Morgan fingerprint density at radius 3 is 2.78 bits per heavy atom. The number of fused-ring (bicyclic) bond motifs is 1. The number of rotatable bonds is 6. The maximum absolute atomic E-state index is 5.68. The second kappa shape index (κ2) is 6.57. The minimum Gasteiger partial charge on any atom is -0.492 e. The maximum Gasteiger partial charge on any atom is 0.120 e. The molecule has 94 valence electrons. The zero-order valence-electron chi connectivity index (χ0n) is 10.2. The lowest BCUT2D eigenvalue weighted by molar-refractivity contribution is 0.317. The van der Waals surface area contributed by atoms with Gasteiger partial charge in [0, 0.05) is 17.6 Å². The average Bonchev–Trinajstić information content (AvgIpc) is 2.38. The molecule has 0 amide bonds. The van der Waals surface area contributed by atoms with Gasteiger partial charge < -0.3 is 10.1 Å². The molecule has 0 aliphatic rings. The summed E-state index contributed by atoms with van der Waals surface area (Å²) in [7, 11) is 0. The van der Waals surface area contributed by atoms with Gasteiger partial charge in [-0.3, -0.25) is 0 Å². The van der Waals surface area contributed by atoms with Gasteiger partial charge >= 0.3 is 0 Å². The lowest BCUT2D eigenvalue weighted by Crippen LogP contribution is -2.20. The summed E-state index contributed by atoms with van der Waals surface area (Å²) in [5.74, 6) is 0.908. The van der Waals surface area contributed by atoms with E-state index < -0.39 is 0 Å². The van der Waals surface area contributed by atoms with Crippen LogP contribution in [0.15, 0.2) is 53.5 Å². The Balaban J connectivity index is 1.97. The van der Waals surface area contributed by atoms with Crippen LogP contribution >= 0.6 is 15.9 Å². The van der Waals surface area contributed by atoms with E-state index in [9.17, 15) is 0 Å². The van der Waals surface area contributed by atoms with Crippen LogP contribution in [0.1, 0.15) is 0 Å². The second-order valence-corrected chi connectivity index (χ2v) is 4.91. The topological polar surface area (TPSA) is 21.3 Å². The first-order chi connectivity index (χ1) is 8.79. The van der Waals surface area contributed by atoms with E-state index >= 15 is 0 Å². The Bertz CT molecular complexity index is 539. The van der Waals surface area contributed by atoms with Gasteiger partial charge in [-0.1, -0.05) is 34.1 Å². The van der Waals surface area contributed by atoms with Crippen molar-refractivity contribution < 1.29 is 4.74 Å². The van der Waals surface area contributed by atoms with E-state index in [1.165, 1.54) is 10.8 Å². The smallest absolute Gasteiger partial charge is 0.120 e. The zero-order chi connectivity index (χ0) is 12.8. The Kier molecular flexibility index (Phi) is 4.79. The first-order valence-electron chi connectivity index (χ1n) is 5.93. The lowest BCUT2D eigenvalue weighted by atomic mass is 10.1. The zero-order valence-corrected chi connectivity index (χ0v) is 11.7. The third-order valence-corrected chi connectivity index (χ3v) is 3.10. The standard InChI is InChI=1S/C15H16BrNO/c1-2-7-17-8-9-18-15-6-4-12-10-14(16)5-3-13(12)11-15/h2-6,10-11,17H,1,7-9H2. The quantitative estimate of drug-likeness (QED) is 0.648. The van der Waals surface area contributed by atoms with Crippen molar-refractivity contribution in [3.05, 3.63) is 53.5 Å². The van der Waals surface area contributed by atoms with Crippen LogP contribution in [0.2, 0.25) is 0 Å². The number of benzene rings is 2. The molecule has 0 aliphatic heterocycles. The van der Waals surface area contributed by atoms with Crippen molar-refractivity contribution >= 4 is 26.7 Å². The molecule has 0 aliphatic carbocycles. The van der Waals surface area contributed by atoms with Crippen molar-refractivity contribution in [3.63, 3.8) is 0 Å². The molecule has 0 fully saturated rings. The van der Waals surface area contributed by atoms with Crippen molar-refractivity contribution in [2.45, 2.75) is 0 Å². The fourth-order valence-electron chi connectivity index (χ4n) is 1.73. The molecule has 0 bridgehead atoms. The summed E-state index contributed by atoms with van der Waals surface area (Å²) in [4.78, 5) is 0.